The molecule has 1 aromatic heterocycles. The molecule has 0 aliphatic carbocycles. The lowest BCUT2D eigenvalue weighted by atomic mass is 9.79. The van der Waals surface area contributed by atoms with Crippen molar-refractivity contribution in [2.75, 3.05) is 13.2 Å². The molecule has 0 saturated carbocycles. The number of aliphatic hydroxyl groups is 1. The highest BCUT2D eigenvalue weighted by molar-refractivity contribution is 7.52. The molecule has 1 aliphatic rings. The van der Waals surface area contributed by atoms with E-state index in [1.807, 2.05) is 4.98 Å². The average Bonchev–Trinajstić information content (AvgIpc) is 3.02. The molecule has 0 spiro atoms. The number of rotatable bonds is 10. The van der Waals surface area contributed by atoms with Crippen LogP contribution in [0, 0.1) is 5.82 Å². The molecule has 2 radical (unpaired) electrons. The Morgan fingerprint density at radius 2 is 2.00 bits per heavy atom. The Morgan fingerprint density at radius 3 is 2.59 bits per heavy atom. The summed E-state index contributed by atoms with van der Waals surface area (Å²) in [5.74, 6) is -1.40. The summed E-state index contributed by atoms with van der Waals surface area (Å²) < 4.78 is 47.4. The third kappa shape index (κ3) is 6.70. The van der Waals surface area contributed by atoms with Crippen molar-refractivity contribution in [1.29, 1.82) is 0 Å². The number of aromatic amines is 1. The second kappa shape index (κ2) is 11.1. The Kier molecular flexibility index (Phi) is 8.73. The molecule has 200 valence electrons. The third-order valence-corrected chi connectivity index (χ3v) is 7.42. The molecular formula is C21H25BClFN3O9P. The minimum Gasteiger partial charge on any atom is -0.465 e. The Morgan fingerprint density at radius 1 is 1.35 bits per heavy atom. The molecule has 16 heteroatoms. The zero-order chi connectivity index (χ0) is 27.6. The molecule has 5 atom stereocenters. The van der Waals surface area contributed by atoms with E-state index in [-0.39, 0.29) is 12.4 Å². The summed E-state index contributed by atoms with van der Waals surface area (Å²) in [5, 5.41) is 13.2. The lowest BCUT2D eigenvalue weighted by Gasteiger charge is -2.30. The Hall–Kier alpha value is -2.48. The number of carbonyl (C=O) groups excluding carboxylic acids is 1. The fourth-order valence-electron chi connectivity index (χ4n) is 3.38. The lowest BCUT2D eigenvalue weighted by Crippen LogP contribution is -2.47. The Labute approximate surface area is 217 Å². The van der Waals surface area contributed by atoms with Gasteiger partial charge in [0.25, 0.3) is 5.56 Å². The van der Waals surface area contributed by atoms with Crippen molar-refractivity contribution in [3.63, 3.8) is 0 Å². The molecule has 12 nitrogen and oxygen atoms in total. The maximum Gasteiger partial charge on any atom is 0.459 e. The van der Waals surface area contributed by atoms with Gasteiger partial charge in [-0.05, 0) is 45.0 Å². The summed E-state index contributed by atoms with van der Waals surface area (Å²) in [4.78, 5) is 38.0. The molecule has 0 bridgehead atoms. The smallest absolute Gasteiger partial charge is 0.459 e. The SMILES string of the molecule is [B][C@]1(Cl)[C@H](O)[C@@H](COP(=O)(NC(C)(C)C(=O)OCC)Oc2ccc(F)cc2)O[C@H]1n1ccc(=O)[nH]c1=O. The van der Waals surface area contributed by atoms with Gasteiger partial charge in [0.15, 0.2) is 6.23 Å². The van der Waals surface area contributed by atoms with E-state index in [1.54, 1.807) is 6.92 Å². The second-order valence-corrected chi connectivity index (χ2v) is 10.9. The monoisotopic (exact) mass is 559 g/mol. The molecule has 3 N–H and O–H groups in total. The van der Waals surface area contributed by atoms with E-state index in [0.717, 1.165) is 29.0 Å². The van der Waals surface area contributed by atoms with Crippen LogP contribution in [-0.4, -0.2) is 64.2 Å². The van der Waals surface area contributed by atoms with Gasteiger partial charge >= 0.3 is 19.4 Å². The second-order valence-electron chi connectivity index (χ2n) is 8.61. The van der Waals surface area contributed by atoms with Crippen molar-refractivity contribution in [3.8, 4) is 5.75 Å². The number of hydrogen-bond acceptors (Lipinski definition) is 9. The van der Waals surface area contributed by atoms with E-state index >= 15 is 0 Å². The standard InChI is InChI=1S/C21H25BClFN3O9P/c1-4-33-18(30)20(2,3)26-37(32,36-13-7-5-12(24)6-8-13)34-11-14-16(29)21(22,23)17(35-14)27-10-9-15(28)25-19(27)31/h5-10,14,16-17,29H,4,11H2,1-3H3,(H,26,32)(H,25,28,31)/t14-,16-,17-,21+,37?/m1/s1. The molecule has 37 heavy (non-hydrogen) atoms. The van der Waals surface area contributed by atoms with Crippen LogP contribution < -0.4 is 20.9 Å². The number of aromatic nitrogens is 2. The first-order valence-electron chi connectivity index (χ1n) is 11.0. The number of carbonyl (C=O) groups is 1. The molecule has 2 aromatic rings. The molecule has 1 aliphatic heterocycles. The van der Waals surface area contributed by atoms with E-state index < -0.39 is 66.1 Å². The highest BCUT2D eigenvalue weighted by Gasteiger charge is 2.53. The molecule has 1 fully saturated rings. The summed E-state index contributed by atoms with van der Waals surface area (Å²) in [6, 6.07) is 5.52. The van der Waals surface area contributed by atoms with Gasteiger partial charge in [-0.2, -0.15) is 5.09 Å². The van der Waals surface area contributed by atoms with Gasteiger partial charge in [0.05, 0.1) is 24.1 Å². The van der Waals surface area contributed by atoms with Crippen LogP contribution in [0.2, 0.25) is 0 Å². The van der Waals surface area contributed by atoms with Crippen molar-refractivity contribution in [1.82, 2.24) is 14.6 Å². The first-order valence-corrected chi connectivity index (χ1v) is 12.9. The van der Waals surface area contributed by atoms with Crippen LogP contribution in [0.15, 0.2) is 46.1 Å². The third-order valence-electron chi connectivity index (χ3n) is 5.24. The molecule has 1 aromatic carbocycles. The van der Waals surface area contributed by atoms with Crippen molar-refractivity contribution < 1.29 is 37.4 Å². The van der Waals surface area contributed by atoms with E-state index in [0.29, 0.717) is 0 Å². The minimum atomic E-state index is -4.45. The molecular weight excluding hydrogens is 534 g/mol. The summed E-state index contributed by atoms with van der Waals surface area (Å²) >= 11 is 6.29. The average molecular weight is 560 g/mol. The zero-order valence-corrected chi connectivity index (χ0v) is 21.7. The maximum absolute atomic E-state index is 13.7. The number of H-pyrrole nitrogens is 1. The number of esters is 1. The zero-order valence-electron chi connectivity index (χ0n) is 20.1. The highest BCUT2D eigenvalue weighted by Crippen LogP contribution is 2.48. The summed E-state index contributed by atoms with van der Waals surface area (Å²) in [6.07, 6.45) is -3.37. The van der Waals surface area contributed by atoms with Crippen LogP contribution in [0.25, 0.3) is 0 Å². The number of benzene rings is 1. The van der Waals surface area contributed by atoms with Gasteiger partial charge < -0.3 is 19.1 Å². The van der Waals surface area contributed by atoms with E-state index in [9.17, 15) is 28.4 Å². The predicted octanol–water partition coefficient (Wildman–Crippen LogP) is 1.17. The van der Waals surface area contributed by atoms with Gasteiger partial charge in [-0.1, -0.05) is 0 Å². The van der Waals surface area contributed by atoms with Gasteiger partial charge in [0.2, 0.25) is 0 Å². The number of hydrogen-bond donors (Lipinski definition) is 3. The summed E-state index contributed by atoms with van der Waals surface area (Å²) in [5.41, 5.74) is -3.15. The summed E-state index contributed by atoms with van der Waals surface area (Å²) in [7, 11) is 1.57. The van der Waals surface area contributed by atoms with Crippen LogP contribution >= 0.6 is 19.3 Å². The molecule has 2 heterocycles. The van der Waals surface area contributed by atoms with Crippen LogP contribution in [0.5, 0.6) is 5.75 Å². The Bertz CT molecular complexity index is 1290. The van der Waals surface area contributed by atoms with Crippen molar-refractivity contribution in [2.45, 2.75) is 49.5 Å². The van der Waals surface area contributed by atoms with Crippen molar-refractivity contribution in [2.24, 2.45) is 0 Å². The van der Waals surface area contributed by atoms with Crippen molar-refractivity contribution >= 4 is 33.2 Å². The topological polar surface area (TPSA) is 158 Å². The number of aliphatic hydroxyl groups excluding tert-OH is 1. The van der Waals surface area contributed by atoms with Gasteiger partial charge in [0.1, 0.15) is 31.1 Å². The fourth-order valence-corrected chi connectivity index (χ4v) is 5.36. The molecule has 1 unspecified atom stereocenters. The number of halogens is 2. The molecule has 0 amide bonds. The summed E-state index contributed by atoms with van der Waals surface area (Å²) in [6.45, 7) is 3.74. The lowest BCUT2D eigenvalue weighted by molar-refractivity contribution is -0.149. The van der Waals surface area contributed by atoms with E-state index in [1.165, 1.54) is 26.0 Å². The fraction of sp³-hybridized carbons (Fsp3) is 0.476. The molecule has 1 saturated heterocycles. The van der Waals surface area contributed by atoms with E-state index in [4.69, 9.17) is 38.0 Å². The van der Waals surface area contributed by atoms with Crippen LogP contribution in [0.4, 0.5) is 4.39 Å². The van der Waals surface area contributed by atoms with Gasteiger partial charge in [-0.15, -0.1) is 11.6 Å². The number of alkyl halides is 1. The van der Waals surface area contributed by atoms with Crippen molar-refractivity contribution in [3.05, 3.63) is 63.2 Å². The van der Waals surface area contributed by atoms with Crippen LogP contribution in [-0.2, 0) is 23.4 Å². The van der Waals surface area contributed by atoms with E-state index in [2.05, 4.69) is 5.09 Å². The van der Waals surface area contributed by atoms with Crippen LogP contribution in [0.3, 0.4) is 0 Å². The normalized spacial score (nSPS) is 25.4. The van der Waals surface area contributed by atoms with Gasteiger partial charge in [0, 0.05) is 12.3 Å². The quantitative estimate of drug-likeness (QED) is 0.167. The first kappa shape index (κ1) is 29.1. The number of ether oxygens (including phenoxy) is 2. The minimum absolute atomic E-state index is 0.0514. The predicted molar refractivity (Wildman–Crippen MR) is 130 cm³/mol. The maximum atomic E-state index is 13.7. The number of nitrogens with one attached hydrogen (secondary N) is 2. The number of nitrogens with zero attached hydrogens (tertiary/aromatic N) is 1. The van der Waals surface area contributed by atoms with Gasteiger partial charge in [-0.25, -0.2) is 13.8 Å². The highest BCUT2D eigenvalue weighted by atomic mass is 35.5. The molecule has 3 rings (SSSR count). The first-order chi connectivity index (χ1) is 17.2. The largest absolute Gasteiger partial charge is 0.465 e. The van der Waals surface area contributed by atoms with Crippen LogP contribution in [0.1, 0.15) is 27.0 Å². The van der Waals surface area contributed by atoms with Gasteiger partial charge in [-0.3, -0.25) is 23.7 Å². The Balaban J connectivity index is 1.85.